The maximum atomic E-state index is 12.8. The van der Waals surface area contributed by atoms with Crippen molar-refractivity contribution in [2.75, 3.05) is 13.1 Å². The van der Waals surface area contributed by atoms with E-state index in [0.29, 0.717) is 6.42 Å². The van der Waals surface area contributed by atoms with E-state index in [0.717, 1.165) is 37.3 Å². The van der Waals surface area contributed by atoms with Gasteiger partial charge in [0.15, 0.2) is 0 Å². The molecule has 134 valence electrons. The van der Waals surface area contributed by atoms with E-state index in [1.807, 2.05) is 40.9 Å². The number of nitrogens with one attached hydrogen (secondary N) is 1. The number of amides is 2. The molecule has 25 heavy (non-hydrogen) atoms. The van der Waals surface area contributed by atoms with Crippen molar-refractivity contribution >= 4 is 6.03 Å². The first-order valence-corrected chi connectivity index (χ1v) is 9.30. The van der Waals surface area contributed by atoms with Crippen LogP contribution in [0.5, 0.6) is 0 Å². The van der Waals surface area contributed by atoms with E-state index in [2.05, 4.69) is 22.4 Å². The van der Waals surface area contributed by atoms with E-state index in [1.165, 1.54) is 19.3 Å². The van der Waals surface area contributed by atoms with Gasteiger partial charge in [-0.05, 0) is 18.4 Å². The molecule has 1 N–H and O–H groups in total. The van der Waals surface area contributed by atoms with Gasteiger partial charge in [0.05, 0.1) is 6.04 Å². The van der Waals surface area contributed by atoms with Crippen molar-refractivity contribution in [1.82, 2.24) is 19.8 Å². The van der Waals surface area contributed by atoms with Crippen LogP contribution in [0.3, 0.4) is 0 Å². The van der Waals surface area contributed by atoms with Gasteiger partial charge in [-0.1, -0.05) is 49.6 Å². The molecule has 1 atom stereocenters. The maximum absolute atomic E-state index is 12.8. The average Bonchev–Trinajstić information content (AvgIpc) is 2.99. The molecule has 2 heterocycles. The largest absolute Gasteiger partial charge is 0.338 e. The molecule has 0 unspecified atom stereocenters. The van der Waals surface area contributed by atoms with Gasteiger partial charge in [0.2, 0.25) is 0 Å². The summed E-state index contributed by atoms with van der Waals surface area (Å²) in [4.78, 5) is 19.3. The van der Waals surface area contributed by atoms with Crippen LogP contribution in [-0.4, -0.2) is 33.6 Å². The number of urea groups is 1. The molecule has 0 saturated carbocycles. The van der Waals surface area contributed by atoms with E-state index in [4.69, 9.17) is 0 Å². The zero-order chi connectivity index (χ0) is 17.5. The fraction of sp³-hybridized carbons (Fsp3) is 0.500. The van der Waals surface area contributed by atoms with Gasteiger partial charge in [-0.2, -0.15) is 0 Å². The van der Waals surface area contributed by atoms with E-state index in [-0.39, 0.29) is 12.1 Å². The number of hydrogen-bond donors (Lipinski definition) is 1. The minimum Gasteiger partial charge on any atom is -0.338 e. The van der Waals surface area contributed by atoms with Gasteiger partial charge in [0.1, 0.15) is 5.82 Å². The quantitative estimate of drug-likeness (QED) is 0.923. The molecule has 0 aliphatic carbocycles. The Labute approximate surface area is 150 Å². The first kappa shape index (κ1) is 17.5. The summed E-state index contributed by atoms with van der Waals surface area (Å²) in [7, 11) is 1.99. The lowest BCUT2D eigenvalue weighted by atomic mass is 10.0. The van der Waals surface area contributed by atoms with Gasteiger partial charge in [-0.15, -0.1) is 0 Å². The molecule has 1 fully saturated rings. The highest BCUT2D eigenvalue weighted by molar-refractivity contribution is 5.74. The number of aromatic nitrogens is 2. The van der Waals surface area contributed by atoms with Crippen LogP contribution in [0, 0.1) is 0 Å². The smallest absolute Gasteiger partial charge is 0.317 e. The van der Waals surface area contributed by atoms with Gasteiger partial charge in [0, 0.05) is 39.0 Å². The van der Waals surface area contributed by atoms with Crippen LogP contribution < -0.4 is 5.32 Å². The van der Waals surface area contributed by atoms with Crippen molar-refractivity contribution in [2.24, 2.45) is 7.05 Å². The molecular formula is C20H28N4O. The van der Waals surface area contributed by atoms with Gasteiger partial charge in [0.25, 0.3) is 0 Å². The van der Waals surface area contributed by atoms with Gasteiger partial charge in [-0.3, -0.25) is 0 Å². The lowest BCUT2D eigenvalue weighted by Crippen LogP contribution is -2.43. The number of rotatable bonds is 4. The Hall–Kier alpha value is -2.30. The van der Waals surface area contributed by atoms with Crippen molar-refractivity contribution in [3.05, 3.63) is 54.1 Å². The van der Waals surface area contributed by atoms with Crippen LogP contribution in [0.1, 0.15) is 49.5 Å². The molecule has 2 amide bonds. The third kappa shape index (κ3) is 4.84. The van der Waals surface area contributed by atoms with Gasteiger partial charge >= 0.3 is 6.03 Å². The summed E-state index contributed by atoms with van der Waals surface area (Å²) in [6.45, 7) is 1.71. The predicted octanol–water partition coefficient (Wildman–Crippen LogP) is 3.68. The van der Waals surface area contributed by atoms with Crippen LogP contribution in [0.2, 0.25) is 0 Å². The number of hydrogen-bond acceptors (Lipinski definition) is 2. The Morgan fingerprint density at radius 2 is 1.80 bits per heavy atom. The third-order valence-corrected chi connectivity index (χ3v) is 4.95. The average molecular weight is 340 g/mol. The monoisotopic (exact) mass is 340 g/mol. The zero-order valence-corrected chi connectivity index (χ0v) is 15.0. The minimum atomic E-state index is -0.0692. The summed E-state index contributed by atoms with van der Waals surface area (Å²) in [6, 6.07) is 10.2. The second kappa shape index (κ2) is 8.70. The van der Waals surface area contributed by atoms with Crippen molar-refractivity contribution in [1.29, 1.82) is 0 Å². The number of imidazole rings is 1. The van der Waals surface area contributed by atoms with Crippen LogP contribution in [0.25, 0.3) is 0 Å². The molecule has 1 aromatic carbocycles. The van der Waals surface area contributed by atoms with Crippen LogP contribution >= 0.6 is 0 Å². The normalized spacial score (nSPS) is 16.8. The number of carbonyl (C=O) groups is 1. The molecule has 2 aromatic rings. The molecule has 1 aliphatic rings. The van der Waals surface area contributed by atoms with Crippen LogP contribution in [0.4, 0.5) is 4.79 Å². The number of carbonyl (C=O) groups excluding carboxylic acids is 1. The summed E-state index contributed by atoms with van der Waals surface area (Å²) in [5.74, 6) is 0.974. The highest BCUT2D eigenvalue weighted by Crippen LogP contribution is 2.19. The lowest BCUT2D eigenvalue weighted by Gasteiger charge is -2.28. The van der Waals surface area contributed by atoms with E-state index in [1.54, 1.807) is 6.20 Å². The predicted molar refractivity (Wildman–Crippen MR) is 99.3 cm³/mol. The summed E-state index contributed by atoms with van der Waals surface area (Å²) in [5, 5.41) is 3.25. The van der Waals surface area contributed by atoms with Crippen LogP contribution in [0.15, 0.2) is 42.7 Å². The fourth-order valence-electron chi connectivity index (χ4n) is 3.40. The summed E-state index contributed by atoms with van der Waals surface area (Å²) in [5.41, 5.74) is 1.12. The van der Waals surface area contributed by atoms with E-state index < -0.39 is 0 Å². The Bertz CT molecular complexity index is 659. The van der Waals surface area contributed by atoms with E-state index >= 15 is 0 Å². The highest BCUT2D eigenvalue weighted by atomic mass is 16.2. The fourth-order valence-corrected chi connectivity index (χ4v) is 3.40. The Morgan fingerprint density at radius 1 is 1.12 bits per heavy atom. The Kier molecular flexibility index (Phi) is 6.09. The third-order valence-electron chi connectivity index (χ3n) is 4.95. The molecule has 0 radical (unpaired) electrons. The Balaban J connectivity index is 1.72. The SMILES string of the molecule is Cn1ccnc1C[C@H](NC(=O)N1CCCCCCC1)c1ccccc1. The zero-order valence-electron chi connectivity index (χ0n) is 15.0. The summed E-state index contributed by atoms with van der Waals surface area (Å²) >= 11 is 0. The molecule has 5 nitrogen and oxygen atoms in total. The van der Waals surface area contributed by atoms with Crippen molar-refractivity contribution in [3.63, 3.8) is 0 Å². The maximum Gasteiger partial charge on any atom is 0.317 e. The molecule has 3 rings (SSSR count). The number of benzene rings is 1. The molecule has 5 heteroatoms. The van der Waals surface area contributed by atoms with Gasteiger partial charge in [-0.25, -0.2) is 9.78 Å². The topological polar surface area (TPSA) is 50.2 Å². The first-order chi connectivity index (χ1) is 12.2. The van der Waals surface area contributed by atoms with Crippen molar-refractivity contribution in [3.8, 4) is 0 Å². The second-order valence-corrected chi connectivity index (χ2v) is 6.83. The molecule has 0 spiro atoms. The number of aryl methyl sites for hydroxylation is 1. The van der Waals surface area contributed by atoms with E-state index in [9.17, 15) is 4.79 Å². The Morgan fingerprint density at radius 3 is 2.44 bits per heavy atom. The molecular weight excluding hydrogens is 312 g/mol. The van der Waals surface area contributed by atoms with Crippen LogP contribution in [-0.2, 0) is 13.5 Å². The number of likely N-dealkylation sites (tertiary alicyclic amines) is 1. The number of nitrogens with zero attached hydrogens (tertiary/aromatic N) is 3. The molecule has 1 aliphatic heterocycles. The standard InChI is InChI=1S/C20H28N4O/c1-23-15-12-21-19(23)16-18(17-10-6-5-7-11-17)22-20(25)24-13-8-3-2-4-9-14-24/h5-7,10-12,15,18H,2-4,8-9,13-14,16H2,1H3,(H,22,25)/t18-/m0/s1. The molecule has 1 saturated heterocycles. The van der Waals surface area contributed by atoms with Gasteiger partial charge < -0.3 is 14.8 Å². The lowest BCUT2D eigenvalue weighted by molar-refractivity contribution is 0.188. The second-order valence-electron chi connectivity index (χ2n) is 6.83. The summed E-state index contributed by atoms with van der Waals surface area (Å²) in [6.07, 6.45) is 10.4. The van der Waals surface area contributed by atoms with Crippen molar-refractivity contribution in [2.45, 2.75) is 44.6 Å². The molecule has 1 aromatic heterocycles. The van der Waals surface area contributed by atoms with Crippen molar-refractivity contribution < 1.29 is 4.79 Å². The highest BCUT2D eigenvalue weighted by Gasteiger charge is 2.21. The summed E-state index contributed by atoms with van der Waals surface area (Å²) < 4.78 is 2.01. The minimum absolute atomic E-state index is 0.0463. The molecule has 0 bridgehead atoms. The first-order valence-electron chi connectivity index (χ1n) is 9.30.